The molecule has 0 aromatic carbocycles. The first-order chi connectivity index (χ1) is 14.0. The molecule has 0 aromatic rings. The van der Waals surface area contributed by atoms with Crippen LogP contribution in [0.4, 0.5) is 0 Å². The summed E-state index contributed by atoms with van der Waals surface area (Å²) in [6.45, 7) is 15.9. The van der Waals surface area contributed by atoms with E-state index in [-0.39, 0.29) is 25.2 Å². The smallest absolute Gasteiger partial charge is 0.299 e. The van der Waals surface area contributed by atoms with Crippen LogP contribution >= 0.6 is 0 Å². The summed E-state index contributed by atoms with van der Waals surface area (Å²) in [5, 5.41) is 0. The van der Waals surface area contributed by atoms with Crippen LogP contribution in [0.5, 0.6) is 0 Å². The minimum Gasteiger partial charge on any atom is -0.361 e. The maximum Gasteiger partial charge on any atom is 0.299 e. The molecule has 1 amide bonds. The fourth-order valence-corrected chi connectivity index (χ4v) is 4.42. The van der Waals surface area contributed by atoms with Crippen molar-refractivity contribution >= 4 is 19.8 Å². The van der Waals surface area contributed by atoms with Gasteiger partial charge >= 0.3 is 0 Å². The van der Waals surface area contributed by atoms with Crippen molar-refractivity contribution in [1.82, 2.24) is 4.90 Å². The molecule has 0 saturated carbocycles. The Balaban J connectivity index is 2.16. The van der Waals surface area contributed by atoms with E-state index in [9.17, 15) is 9.59 Å². The van der Waals surface area contributed by atoms with Crippen molar-refractivity contribution in [3.63, 3.8) is 0 Å². The van der Waals surface area contributed by atoms with Crippen LogP contribution < -0.4 is 0 Å². The molecule has 8 heteroatoms. The van der Waals surface area contributed by atoms with Gasteiger partial charge in [0.25, 0.3) is 11.7 Å². The Bertz CT molecular complexity index is 628. The molecule has 7 nitrogen and oxygen atoms in total. The standard InChI is InChI=1S/C22H39NO6Si/c1-16-14-22(26-4,29-18(3)17(16)2)20(24)21(25)23(19-10-8-9-11-28-19)15-27-12-13-30(5,6)7/h17-19H,1,8-15H2,2-7H3/t17-,18-,19-,22-/m1/s1. The molecule has 0 radical (unpaired) electrons. The maximum absolute atomic E-state index is 13.3. The molecule has 0 bridgehead atoms. The fraction of sp³-hybridized carbons (Fsp3) is 0.818. The number of hydrogen-bond acceptors (Lipinski definition) is 6. The summed E-state index contributed by atoms with van der Waals surface area (Å²) in [6.07, 6.45) is 1.97. The molecular weight excluding hydrogens is 402 g/mol. The van der Waals surface area contributed by atoms with E-state index in [1.807, 2.05) is 13.8 Å². The Morgan fingerprint density at radius 2 is 1.97 bits per heavy atom. The highest BCUT2D eigenvalue weighted by molar-refractivity contribution is 6.76. The number of amides is 1. The average molecular weight is 442 g/mol. The third kappa shape index (κ3) is 6.23. The first-order valence-electron chi connectivity index (χ1n) is 11.0. The lowest BCUT2D eigenvalue weighted by molar-refractivity contribution is -0.250. The van der Waals surface area contributed by atoms with Crippen molar-refractivity contribution in [2.45, 2.75) is 83.3 Å². The van der Waals surface area contributed by atoms with Crippen LogP contribution in [0.25, 0.3) is 0 Å². The van der Waals surface area contributed by atoms with Crippen LogP contribution in [0.15, 0.2) is 12.2 Å². The van der Waals surface area contributed by atoms with Crippen LogP contribution in [0.1, 0.15) is 39.5 Å². The molecule has 2 fully saturated rings. The zero-order valence-electron chi connectivity index (χ0n) is 19.5. The van der Waals surface area contributed by atoms with Crippen LogP contribution in [0, 0.1) is 5.92 Å². The predicted molar refractivity (Wildman–Crippen MR) is 118 cm³/mol. The highest BCUT2D eigenvalue weighted by Crippen LogP contribution is 2.37. The first kappa shape index (κ1) is 25.2. The van der Waals surface area contributed by atoms with Gasteiger partial charge in [-0.1, -0.05) is 38.7 Å². The summed E-state index contributed by atoms with van der Waals surface area (Å²) < 4.78 is 23.1. The van der Waals surface area contributed by atoms with Gasteiger partial charge < -0.3 is 18.9 Å². The lowest BCUT2D eigenvalue weighted by Crippen LogP contribution is -2.58. The van der Waals surface area contributed by atoms with Gasteiger partial charge in [-0.15, -0.1) is 0 Å². The molecule has 0 spiro atoms. The van der Waals surface area contributed by atoms with Gasteiger partial charge in [-0.2, -0.15) is 0 Å². The van der Waals surface area contributed by atoms with Gasteiger partial charge in [-0.3, -0.25) is 14.5 Å². The zero-order valence-corrected chi connectivity index (χ0v) is 20.5. The molecule has 0 unspecified atom stereocenters. The number of methoxy groups -OCH3 is 1. The van der Waals surface area contributed by atoms with E-state index >= 15 is 0 Å². The molecule has 0 aromatic heterocycles. The Kier molecular flexibility index (Phi) is 8.82. The van der Waals surface area contributed by atoms with Gasteiger partial charge in [0.15, 0.2) is 0 Å². The van der Waals surface area contributed by atoms with Gasteiger partial charge in [-0.25, -0.2) is 0 Å². The van der Waals surface area contributed by atoms with Gasteiger partial charge in [0.1, 0.15) is 13.0 Å². The summed E-state index contributed by atoms with van der Waals surface area (Å²) in [5.41, 5.74) is 0.837. The number of rotatable bonds is 9. The van der Waals surface area contributed by atoms with Gasteiger partial charge in [0.2, 0.25) is 5.79 Å². The molecule has 2 aliphatic rings. The highest BCUT2D eigenvalue weighted by Gasteiger charge is 2.51. The number of Topliss-reactive ketones (excluding diaryl/α,β-unsaturated/α-hetero) is 1. The lowest BCUT2D eigenvalue weighted by atomic mass is 9.86. The van der Waals surface area contributed by atoms with Gasteiger partial charge in [0.05, 0.1) is 6.10 Å². The van der Waals surface area contributed by atoms with Crippen molar-refractivity contribution in [2.75, 3.05) is 27.1 Å². The Morgan fingerprint density at radius 3 is 2.50 bits per heavy atom. The molecule has 2 rings (SSSR count). The van der Waals surface area contributed by atoms with Gasteiger partial charge in [-0.05, 0) is 32.2 Å². The van der Waals surface area contributed by atoms with E-state index in [0.29, 0.717) is 19.6 Å². The fourth-order valence-electron chi connectivity index (χ4n) is 3.66. The third-order valence-corrected chi connectivity index (χ3v) is 7.75. The van der Waals surface area contributed by atoms with E-state index in [2.05, 4.69) is 26.2 Å². The second-order valence-electron chi connectivity index (χ2n) is 9.68. The van der Waals surface area contributed by atoms with E-state index in [4.69, 9.17) is 18.9 Å². The van der Waals surface area contributed by atoms with Crippen molar-refractivity contribution in [1.29, 1.82) is 0 Å². The van der Waals surface area contributed by atoms with Crippen molar-refractivity contribution in [2.24, 2.45) is 5.92 Å². The number of carbonyl (C=O) groups is 2. The molecular formula is C22H39NO6Si. The van der Waals surface area contributed by atoms with E-state index in [0.717, 1.165) is 24.5 Å². The second-order valence-corrected chi connectivity index (χ2v) is 15.3. The summed E-state index contributed by atoms with van der Waals surface area (Å²) in [7, 11) is 0.135. The van der Waals surface area contributed by atoms with Crippen molar-refractivity contribution < 1.29 is 28.5 Å². The monoisotopic (exact) mass is 441 g/mol. The van der Waals surface area contributed by atoms with E-state index in [1.165, 1.54) is 12.0 Å². The second kappa shape index (κ2) is 10.5. The van der Waals surface area contributed by atoms with Crippen molar-refractivity contribution in [3.05, 3.63) is 12.2 Å². The molecule has 0 aliphatic carbocycles. The maximum atomic E-state index is 13.3. The summed E-state index contributed by atoms with van der Waals surface area (Å²) >= 11 is 0. The summed E-state index contributed by atoms with van der Waals surface area (Å²) in [6, 6.07) is 0.981. The number of ether oxygens (including phenoxy) is 4. The number of nitrogens with zero attached hydrogens (tertiary/aromatic N) is 1. The molecule has 172 valence electrons. The first-order valence-corrected chi connectivity index (χ1v) is 14.7. The number of ketones is 1. The molecule has 0 N–H and O–H groups in total. The van der Waals surface area contributed by atoms with Crippen LogP contribution in [-0.2, 0) is 28.5 Å². The highest BCUT2D eigenvalue weighted by atomic mass is 28.3. The van der Waals surface area contributed by atoms with Crippen molar-refractivity contribution in [3.8, 4) is 0 Å². The van der Waals surface area contributed by atoms with E-state index < -0.39 is 31.8 Å². The number of carbonyl (C=O) groups excluding carboxylic acids is 2. The molecule has 30 heavy (non-hydrogen) atoms. The van der Waals surface area contributed by atoms with Gasteiger partial charge in [0, 0.05) is 40.7 Å². The minimum absolute atomic E-state index is 0.0203. The topological polar surface area (TPSA) is 74.3 Å². The minimum atomic E-state index is -1.65. The molecule has 2 saturated heterocycles. The Morgan fingerprint density at radius 1 is 1.27 bits per heavy atom. The van der Waals surface area contributed by atoms with Crippen LogP contribution in [-0.4, -0.2) is 69.8 Å². The SMILES string of the molecule is C=C1C[C@](OC)(C(=O)C(=O)N(COCC[Si](C)(C)C)[C@H]2CCCCO2)O[C@H](C)[C@@H]1C. The Hall–Kier alpha value is -1.06. The Labute approximate surface area is 182 Å². The summed E-state index contributed by atoms with van der Waals surface area (Å²) in [4.78, 5) is 28.1. The molecule has 2 heterocycles. The lowest BCUT2D eigenvalue weighted by Gasteiger charge is -2.42. The van der Waals surface area contributed by atoms with E-state index in [1.54, 1.807) is 0 Å². The third-order valence-electron chi connectivity index (χ3n) is 6.04. The zero-order chi connectivity index (χ0) is 22.5. The average Bonchev–Trinajstić information content (AvgIpc) is 2.70. The summed E-state index contributed by atoms with van der Waals surface area (Å²) in [5.74, 6) is -2.98. The largest absolute Gasteiger partial charge is 0.361 e. The quantitative estimate of drug-likeness (QED) is 0.179. The number of hydrogen-bond donors (Lipinski definition) is 0. The van der Waals surface area contributed by atoms with Crippen LogP contribution in [0.2, 0.25) is 25.7 Å². The molecule has 2 aliphatic heterocycles. The molecule has 4 atom stereocenters. The normalized spacial score (nSPS) is 30.2. The predicted octanol–water partition coefficient (Wildman–Crippen LogP) is 3.57. The van der Waals surface area contributed by atoms with Crippen LogP contribution in [0.3, 0.4) is 0 Å².